The number of hydrogen-bond donors (Lipinski definition) is 3. The largest absolute Gasteiger partial charge is 0.465 e. The van der Waals surface area contributed by atoms with Gasteiger partial charge in [0.1, 0.15) is 12.4 Å². The first-order valence-corrected chi connectivity index (χ1v) is 11.3. The molecule has 0 radical (unpaired) electrons. The Hall–Kier alpha value is -3.46. The quantitative estimate of drug-likeness (QED) is 0.432. The Labute approximate surface area is 192 Å². The fourth-order valence-corrected chi connectivity index (χ4v) is 4.48. The van der Waals surface area contributed by atoms with Gasteiger partial charge in [0.15, 0.2) is 0 Å². The number of para-hydroxylation sites is 2. The number of carbonyl (C=O) groups excluding carboxylic acids is 1. The van der Waals surface area contributed by atoms with Crippen LogP contribution in [0.3, 0.4) is 0 Å². The number of fused-ring (bicyclic) bond motifs is 2. The lowest BCUT2D eigenvalue weighted by Gasteiger charge is -2.32. The summed E-state index contributed by atoms with van der Waals surface area (Å²) in [5, 5.41) is 13.8. The van der Waals surface area contributed by atoms with E-state index in [0.717, 1.165) is 41.8 Å². The van der Waals surface area contributed by atoms with E-state index in [4.69, 9.17) is 10.1 Å². The number of nitrogens with zero attached hydrogens (tertiary/aromatic N) is 4. The molecule has 3 aromatic rings. The van der Waals surface area contributed by atoms with Gasteiger partial charge >= 0.3 is 6.09 Å². The minimum absolute atomic E-state index is 0.123. The molecule has 0 bridgehead atoms. The zero-order valence-electron chi connectivity index (χ0n) is 18.8. The minimum Gasteiger partial charge on any atom is -0.465 e. The molecule has 2 aromatic heterocycles. The van der Waals surface area contributed by atoms with Crippen LogP contribution in [0.2, 0.25) is 0 Å². The molecule has 0 spiro atoms. The number of aryl methyl sites for hydroxylation is 1. The molecule has 33 heavy (non-hydrogen) atoms. The average molecular weight is 451 g/mol. The molecule has 0 aliphatic heterocycles. The smallest absolute Gasteiger partial charge is 0.404 e. The summed E-state index contributed by atoms with van der Waals surface area (Å²) in [4.78, 5) is 34.9. The summed E-state index contributed by atoms with van der Waals surface area (Å²) in [6.07, 6.45) is 4.57. The standard InChI is InChI=1S/C24H30N6O3/c1-29(20-11-4-7-17-8-5-12-26-23(17)20)15-21-28-18-9-2-3-10-19(18)30(21)16-22(31)25-13-6-14-27-24(32)33/h2-3,5,8-10,12,20,27H,4,6-7,11,13-16H2,1H3,(H,25,31)(H,32,33). The lowest BCUT2D eigenvalue weighted by Crippen LogP contribution is -2.33. The van der Waals surface area contributed by atoms with Gasteiger partial charge in [-0.3, -0.25) is 14.7 Å². The molecule has 9 nitrogen and oxygen atoms in total. The van der Waals surface area contributed by atoms with Crippen LogP contribution in [-0.2, 0) is 24.3 Å². The maximum atomic E-state index is 12.6. The van der Waals surface area contributed by atoms with E-state index in [1.807, 2.05) is 41.1 Å². The maximum Gasteiger partial charge on any atom is 0.404 e. The van der Waals surface area contributed by atoms with Crippen LogP contribution < -0.4 is 10.6 Å². The van der Waals surface area contributed by atoms with Gasteiger partial charge in [-0.05, 0) is 56.5 Å². The van der Waals surface area contributed by atoms with Crippen LogP contribution in [-0.4, -0.2) is 56.7 Å². The highest BCUT2D eigenvalue weighted by Gasteiger charge is 2.26. The van der Waals surface area contributed by atoms with E-state index in [2.05, 4.69) is 33.6 Å². The van der Waals surface area contributed by atoms with Gasteiger partial charge < -0.3 is 20.3 Å². The van der Waals surface area contributed by atoms with E-state index in [1.165, 1.54) is 5.56 Å². The summed E-state index contributed by atoms with van der Waals surface area (Å²) in [6, 6.07) is 12.2. The predicted molar refractivity (Wildman–Crippen MR) is 125 cm³/mol. The Bertz CT molecular complexity index is 1130. The average Bonchev–Trinajstić information content (AvgIpc) is 3.15. The lowest BCUT2D eigenvalue weighted by atomic mass is 9.91. The number of benzene rings is 1. The van der Waals surface area contributed by atoms with Crippen molar-refractivity contribution in [3.63, 3.8) is 0 Å². The molecule has 174 valence electrons. The van der Waals surface area contributed by atoms with Crippen molar-refractivity contribution < 1.29 is 14.7 Å². The number of carbonyl (C=O) groups is 2. The number of pyridine rings is 1. The molecule has 2 heterocycles. The molecule has 0 saturated carbocycles. The Kier molecular flexibility index (Phi) is 7.19. The third-order valence-corrected chi connectivity index (χ3v) is 6.08. The molecule has 9 heteroatoms. The molecule has 1 aromatic carbocycles. The van der Waals surface area contributed by atoms with Crippen molar-refractivity contribution in [1.29, 1.82) is 0 Å². The number of aromatic nitrogens is 3. The third-order valence-electron chi connectivity index (χ3n) is 6.08. The SMILES string of the molecule is CN(Cc1nc2ccccc2n1CC(=O)NCCCNC(=O)O)C1CCCc2cccnc21. The van der Waals surface area contributed by atoms with Crippen LogP contribution in [0.5, 0.6) is 0 Å². The topological polar surface area (TPSA) is 112 Å². The zero-order chi connectivity index (χ0) is 23.2. The van der Waals surface area contributed by atoms with Gasteiger partial charge in [-0.25, -0.2) is 9.78 Å². The van der Waals surface area contributed by atoms with Gasteiger partial charge in [-0.2, -0.15) is 0 Å². The number of carboxylic acid groups (broad SMARTS) is 1. The van der Waals surface area contributed by atoms with Crippen molar-refractivity contribution in [3.05, 3.63) is 59.7 Å². The second-order valence-corrected chi connectivity index (χ2v) is 8.41. The van der Waals surface area contributed by atoms with Gasteiger partial charge in [0.05, 0.1) is 29.3 Å². The summed E-state index contributed by atoms with van der Waals surface area (Å²) in [5.41, 5.74) is 4.24. The molecule has 3 N–H and O–H groups in total. The van der Waals surface area contributed by atoms with Crippen molar-refractivity contribution in [2.45, 2.75) is 44.8 Å². The van der Waals surface area contributed by atoms with Gasteiger partial charge in [-0.15, -0.1) is 0 Å². The van der Waals surface area contributed by atoms with Crippen molar-refractivity contribution >= 4 is 23.0 Å². The summed E-state index contributed by atoms with van der Waals surface area (Å²) in [5.74, 6) is 0.714. The van der Waals surface area contributed by atoms with E-state index >= 15 is 0 Å². The fourth-order valence-electron chi connectivity index (χ4n) is 4.48. The van der Waals surface area contributed by atoms with Crippen LogP contribution in [0, 0.1) is 0 Å². The Balaban J connectivity index is 1.47. The fraction of sp³-hybridized carbons (Fsp3) is 0.417. The van der Waals surface area contributed by atoms with Crippen LogP contribution in [0.25, 0.3) is 11.0 Å². The first-order valence-electron chi connectivity index (χ1n) is 11.3. The molecular formula is C24H30N6O3. The molecule has 1 atom stereocenters. The third kappa shape index (κ3) is 5.48. The molecule has 0 fully saturated rings. The second-order valence-electron chi connectivity index (χ2n) is 8.41. The Morgan fingerprint density at radius 3 is 2.85 bits per heavy atom. The molecular weight excluding hydrogens is 420 g/mol. The van der Waals surface area contributed by atoms with Crippen molar-refractivity contribution in [1.82, 2.24) is 30.1 Å². The second kappa shape index (κ2) is 10.4. The summed E-state index contributed by atoms with van der Waals surface area (Å²) in [6.45, 7) is 1.47. The lowest BCUT2D eigenvalue weighted by molar-refractivity contribution is -0.121. The molecule has 1 aliphatic carbocycles. The van der Waals surface area contributed by atoms with Gasteiger partial charge in [0.2, 0.25) is 5.91 Å². The highest BCUT2D eigenvalue weighted by molar-refractivity contribution is 5.81. The zero-order valence-corrected chi connectivity index (χ0v) is 18.8. The first-order chi connectivity index (χ1) is 16.0. The van der Waals surface area contributed by atoms with Crippen LogP contribution in [0.1, 0.15) is 42.4 Å². The minimum atomic E-state index is -1.06. The molecule has 1 aliphatic rings. The van der Waals surface area contributed by atoms with Crippen molar-refractivity contribution in [3.8, 4) is 0 Å². The number of rotatable bonds is 9. The summed E-state index contributed by atoms with van der Waals surface area (Å²) in [7, 11) is 2.09. The van der Waals surface area contributed by atoms with Crippen LogP contribution >= 0.6 is 0 Å². The number of amides is 2. The summed E-state index contributed by atoms with van der Waals surface area (Å²) < 4.78 is 1.97. The van der Waals surface area contributed by atoms with E-state index in [1.54, 1.807) is 0 Å². The Morgan fingerprint density at radius 1 is 1.18 bits per heavy atom. The van der Waals surface area contributed by atoms with Gasteiger partial charge in [-0.1, -0.05) is 18.2 Å². The molecule has 2 amide bonds. The maximum absolute atomic E-state index is 12.6. The highest BCUT2D eigenvalue weighted by Crippen LogP contribution is 2.32. The van der Waals surface area contributed by atoms with E-state index in [-0.39, 0.29) is 18.5 Å². The van der Waals surface area contributed by atoms with Crippen LogP contribution in [0.4, 0.5) is 4.79 Å². The van der Waals surface area contributed by atoms with Crippen LogP contribution in [0.15, 0.2) is 42.6 Å². The van der Waals surface area contributed by atoms with Crippen molar-refractivity contribution in [2.75, 3.05) is 20.1 Å². The predicted octanol–water partition coefficient (Wildman–Crippen LogP) is 2.71. The monoisotopic (exact) mass is 450 g/mol. The van der Waals surface area contributed by atoms with Gasteiger partial charge in [0, 0.05) is 19.3 Å². The number of nitrogens with one attached hydrogen (secondary N) is 2. The van der Waals surface area contributed by atoms with Crippen molar-refractivity contribution in [2.24, 2.45) is 0 Å². The van der Waals surface area contributed by atoms with Gasteiger partial charge in [0.25, 0.3) is 0 Å². The summed E-state index contributed by atoms with van der Waals surface area (Å²) >= 11 is 0. The normalized spacial score (nSPS) is 15.4. The molecule has 1 unspecified atom stereocenters. The highest BCUT2D eigenvalue weighted by atomic mass is 16.4. The first kappa shape index (κ1) is 22.7. The Morgan fingerprint density at radius 2 is 2.00 bits per heavy atom. The molecule has 0 saturated heterocycles. The number of hydrogen-bond acceptors (Lipinski definition) is 5. The van der Waals surface area contributed by atoms with E-state index < -0.39 is 6.09 Å². The van der Waals surface area contributed by atoms with E-state index in [9.17, 15) is 9.59 Å². The molecule has 4 rings (SSSR count). The van der Waals surface area contributed by atoms with E-state index in [0.29, 0.717) is 26.1 Å². The number of imidazole rings is 1.